The molecule has 1 saturated heterocycles. The SMILES string of the molecule is CC(C)CCN1CCN(C(=O)C(F)(F)C(F)(F)F)CC1. The third kappa shape index (κ3) is 4.04. The van der Waals surface area contributed by atoms with Crippen molar-refractivity contribution in [3.8, 4) is 0 Å². The normalized spacial score (nSPS) is 18.7. The van der Waals surface area contributed by atoms with Crippen LogP contribution < -0.4 is 0 Å². The fourth-order valence-electron chi connectivity index (χ4n) is 1.94. The molecule has 0 spiro atoms. The number of piperazine rings is 1. The van der Waals surface area contributed by atoms with Gasteiger partial charge in [0.15, 0.2) is 0 Å². The highest BCUT2D eigenvalue weighted by molar-refractivity contribution is 5.84. The lowest BCUT2D eigenvalue weighted by molar-refractivity contribution is -0.274. The molecule has 0 saturated carbocycles. The second kappa shape index (κ2) is 6.24. The molecule has 3 nitrogen and oxygen atoms in total. The minimum Gasteiger partial charge on any atom is -0.335 e. The predicted octanol–water partition coefficient (Wildman–Crippen LogP) is 2.37. The first kappa shape index (κ1) is 17.1. The topological polar surface area (TPSA) is 23.6 Å². The van der Waals surface area contributed by atoms with E-state index < -0.39 is 18.0 Å². The summed E-state index contributed by atoms with van der Waals surface area (Å²) in [4.78, 5) is 13.8. The van der Waals surface area contributed by atoms with Gasteiger partial charge in [-0.1, -0.05) is 13.8 Å². The van der Waals surface area contributed by atoms with Gasteiger partial charge in [-0.25, -0.2) is 0 Å². The molecule has 0 unspecified atom stereocenters. The monoisotopic (exact) mass is 302 g/mol. The van der Waals surface area contributed by atoms with Crippen molar-refractivity contribution in [3.63, 3.8) is 0 Å². The van der Waals surface area contributed by atoms with Crippen LogP contribution in [-0.2, 0) is 4.79 Å². The molecule has 1 heterocycles. The number of carbonyl (C=O) groups excluding carboxylic acids is 1. The Morgan fingerprint density at radius 3 is 1.95 bits per heavy atom. The lowest BCUT2D eigenvalue weighted by atomic mass is 10.1. The summed E-state index contributed by atoms with van der Waals surface area (Å²) in [5.41, 5.74) is 0. The van der Waals surface area contributed by atoms with Crippen molar-refractivity contribution in [1.82, 2.24) is 9.80 Å². The van der Waals surface area contributed by atoms with Crippen LogP contribution in [0.25, 0.3) is 0 Å². The summed E-state index contributed by atoms with van der Waals surface area (Å²) < 4.78 is 62.2. The largest absolute Gasteiger partial charge is 0.463 e. The summed E-state index contributed by atoms with van der Waals surface area (Å²) in [5.74, 6) is -6.95. The fourth-order valence-corrected chi connectivity index (χ4v) is 1.94. The van der Waals surface area contributed by atoms with Crippen LogP contribution in [0.5, 0.6) is 0 Å². The first-order valence-electron chi connectivity index (χ1n) is 6.52. The zero-order chi connectivity index (χ0) is 15.6. The number of alkyl halides is 5. The fraction of sp³-hybridized carbons (Fsp3) is 0.917. The molecule has 0 radical (unpaired) electrons. The molecule has 0 aromatic rings. The van der Waals surface area contributed by atoms with Gasteiger partial charge in [-0.3, -0.25) is 9.69 Å². The molecule has 0 bridgehead atoms. The Hall–Kier alpha value is -0.920. The molecule has 0 aromatic carbocycles. The van der Waals surface area contributed by atoms with Gasteiger partial charge in [-0.2, -0.15) is 22.0 Å². The van der Waals surface area contributed by atoms with Crippen molar-refractivity contribution in [3.05, 3.63) is 0 Å². The molecule has 0 aliphatic carbocycles. The Labute approximate surface area is 114 Å². The number of nitrogens with zero attached hydrogens (tertiary/aromatic N) is 2. The maximum absolute atomic E-state index is 12.9. The Morgan fingerprint density at radius 1 is 1.05 bits per heavy atom. The molecule has 0 aromatic heterocycles. The first-order chi connectivity index (χ1) is 9.05. The zero-order valence-corrected chi connectivity index (χ0v) is 11.5. The van der Waals surface area contributed by atoms with Crippen LogP contribution in [0.2, 0.25) is 0 Å². The molecule has 1 aliphatic rings. The lowest BCUT2D eigenvalue weighted by Crippen LogP contribution is -2.57. The van der Waals surface area contributed by atoms with E-state index in [4.69, 9.17) is 0 Å². The molecular weight excluding hydrogens is 283 g/mol. The maximum Gasteiger partial charge on any atom is 0.463 e. The summed E-state index contributed by atoms with van der Waals surface area (Å²) in [5, 5.41) is 0. The quantitative estimate of drug-likeness (QED) is 0.744. The number of hydrogen-bond donors (Lipinski definition) is 0. The molecule has 118 valence electrons. The van der Waals surface area contributed by atoms with Crippen LogP contribution in [0.15, 0.2) is 0 Å². The van der Waals surface area contributed by atoms with Gasteiger partial charge in [0.25, 0.3) is 0 Å². The molecule has 0 atom stereocenters. The average molecular weight is 302 g/mol. The van der Waals surface area contributed by atoms with E-state index >= 15 is 0 Å². The van der Waals surface area contributed by atoms with E-state index in [1.54, 1.807) is 0 Å². The summed E-state index contributed by atoms with van der Waals surface area (Å²) in [7, 11) is 0. The van der Waals surface area contributed by atoms with Gasteiger partial charge in [-0.15, -0.1) is 0 Å². The van der Waals surface area contributed by atoms with Crippen LogP contribution in [-0.4, -0.2) is 60.5 Å². The highest BCUT2D eigenvalue weighted by Crippen LogP contribution is 2.37. The number of halogens is 5. The van der Waals surface area contributed by atoms with Crippen LogP contribution >= 0.6 is 0 Å². The van der Waals surface area contributed by atoms with E-state index in [2.05, 4.69) is 0 Å². The van der Waals surface area contributed by atoms with Crippen molar-refractivity contribution >= 4 is 5.91 Å². The highest BCUT2D eigenvalue weighted by atomic mass is 19.4. The van der Waals surface area contributed by atoms with Gasteiger partial charge in [0.05, 0.1) is 0 Å². The average Bonchev–Trinajstić information content (AvgIpc) is 2.34. The van der Waals surface area contributed by atoms with Gasteiger partial charge in [0.1, 0.15) is 0 Å². The molecule has 0 N–H and O–H groups in total. The summed E-state index contributed by atoms with van der Waals surface area (Å²) in [6.45, 7) is 5.31. The van der Waals surface area contributed by atoms with Crippen LogP contribution in [0, 0.1) is 5.92 Å². The minimum absolute atomic E-state index is 0.0946. The van der Waals surface area contributed by atoms with Gasteiger partial charge in [0.2, 0.25) is 0 Å². The van der Waals surface area contributed by atoms with Gasteiger partial charge >= 0.3 is 18.0 Å². The third-order valence-corrected chi connectivity index (χ3v) is 3.31. The van der Waals surface area contributed by atoms with Gasteiger partial charge < -0.3 is 4.90 Å². The molecule has 8 heteroatoms. The van der Waals surface area contributed by atoms with Crippen molar-refractivity contribution in [2.75, 3.05) is 32.7 Å². The molecule has 1 rings (SSSR count). The van der Waals surface area contributed by atoms with Gasteiger partial charge in [-0.05, 0) is 18.9 Å². The van der Waals surface area contributed by atoms with Gasteiger partial charge in [0, 0.05) is 26.2 Å². The molecular formula is C12H19F5N2O. The maximum atomic E-state index is 12.9. The third-order valence-electron chi connectivity index (χ3n) is 3.31. The van der Waals surface area contributed by atoms with E-state index in [1.165, 1.54) is 0 Å². The van der Waals surface area contributed by atoms with Crippen molar-refractivity contribution in [2.24, 2.45) is 5.92 Å². The highest BCUT2D eigenvalue weighted by Gasteiger charge is 2.64. The van der Waals surface area contributed by atoms with Crippen LogP contribution in [0.4, 0.5) is 22.0 Å². The van der Waals surface area contributed by atoms with Crippen molar-refractivity contribution in [2.45, 2.75) is 32.4 Å². The lowest BCUT2D eigenvalue weighted by Gasteiger charge is -2.36. The summed E-state index contributed by atoms with van der Waals surface area (Å²) >= 11 is 0. The van der Waals surface area contributed by atoms with Crippen molar-refractivity contribution in [1.29, 1.82) is 0 Å². The summed E-state index contributed by atoms with van der Waals surface area (Å²) in [6.07, 6.45) is -4.91. The standard InChI is InChI=1S/C12H19F5N2O/c1-9(2)3-4-18-5-7-19(8-6-18)10(20)11(13,14)12(15,16)17/h9H,3-8H2,1-2H3. The number of amides is 1. The second-order valence-electron chi connectivity index (χ2n) is 5.39. The molecule has 1 amide bonds. The first-order valence-corrected chi connectivity index (χ1v) is 6.52. The van der Waals surface area contributed by atoms with E-state index in [0.717, 1.165) is 13.0 Å². The second-order valence-corrected chi connectivity index (χ2v) is 5.39. The Bertz CT molecular complexity index is 335. The Morgan fingerprint density at radius 2 is 1.55 bits per heavy atom. The number of rotatable bonds is 4. The zero-order valence-electron chi connectivity index (χ0n) is 11.5. The minimum atomic E-state index is -5.83. The van der Waals surface area contributed by atoms with Crippen molar-refractivity contribution < 1.29 is 26.7 Å². The Balaban J connectivity index is 2.51. The van der Waals surface area contributed by atoms with E-state index in [0.29, 0.717) is 23.9 Å². The van der Waals surface area contributed by atoms with E-state index in [1.807, 2.05) is 18.7 Å². The van der Waals surface area contributed by atoms with Crippen LogP contribution in [0.1, 0.15) is 20.3 Å². The Kier molecular flexibility index (Phi) is 5.34. The summed E-state index contributed by atoms with van der Waals surface area (Å²) in [6, 6.07) is 0. The molecule has 1 fully saturated rings. The van der Waals surface area contributed by atoms with E-state index in [9.17, 15) is 26.7 Å². The smallest absolute Gasteiger partial charge is 0.335 e. The molecule has 20 heavy (non-hydrogen) atoms. The van der Waals surface area contributed by atoms with E-state index in [-0.39, 0.29) is 13.1 Å². The number of carbonyl (C=O) groups is 1. The molecule has 1 aliphatic heterocycles. The predicted molar refractivity (Wildman–Crippen MR) is 63.5 cm³/mol. The number of hydrogen-bond acceptors (Lipinski definition) is 2. The van der Waals surface area contributed by atoms with Crippen LogP contribution in [0.3, 0.4) is 0 Å².